The van der Waals surface area contributed by atoms with Gasteiger partial charge in [0, 0.05) is 30.8 Å². The average Bonchev–Trinajstić information content (AvgIpc) is 2.40. The van der Waals surface area contributed by atoms with Crippen molar-refractivity contribution in [2.45, 2.75) is 31.8 Å². The summed E-state index contributed by atoms with van der Waals surface area (Å²) < 4.78 is 0. The molecule has 1 aliphatic heterocycles. The van der Waals surface area contributed by atoms with Crippen LogP contribution in [0.1, 0.15) is 30.1 Å². The molecule has 2 N–H and O–H groups in total. The van der Waals surface area contributed by atoms with Crippen molar-refractivity contribution in [3.05, 3.63) is 37.9 Å². The third-order valence-corrected chi connectivity index (χ3v) is 4.43. The molecule has 1 amide bonds. The van der Waals surface area contributed by atoms with Crippen molar-refractivity contribution in [3.63, 3.8) is 0 Å². The number of likely N-dealkylation sites (tertiary alicyclic amines) is 1. The zero-order valence-corrected chi connectivity index (χ0v) is 12.9. The van der Waals surface area contributed by atoms with Crippen molar-refractivity contribution in [2.24, 2.45) is 5.73 Å². The minimum absolute atomic E-state index is 0.00409. The number of nitro groups is 1. The maximum atomic E-state index is 12.6. The predicted octanol–water partition coefficient (Wildman–Crippen LogP) is 2.85. The third kappa shape index (κ3) is 3.28. The van der Waals surface area contributed by atoms with E-state index < -0.39 is 4.92 Å². The molecule has 8 heteroatoms. The molecule has 21 heavy (non-hydrogen) atoms. The van der Waals surface area contributed by atoms with Crippen LogP contribution in [0.15, 0.2) is 12.1 Å². The van der Waals surface area contributed by atoms with Crippen LogP contribution in [-0.4, -0.2) is 34.4 Å². The van der Waals surface area contributed by atoms with Gasteiger partial charge >= 0.3 is 0 Å². The first-order valence-corrected chi connectivity index (χ1v) is 7.26. The molecule has 0 radical (unpaired) electrons. The van der Waals surface area contributed by atoms with E-state index in [1.165, 1.54) is 0 Å². The molecule has 1 fully saturated rings. The summed E-state index contributed by atoms with van der Waals surface area (Å²) in [6, 6.07) is 2.32. The van der Waals surface area contributed by atoms with Crippen molar-refractivity contribution < 1.29 is 9.72 Å². The monoisotopic (exact) mass is 331 g/mol. The number of rotatable bonds is 2. The molecule has 2 atom stereocenters. The lowest BCUT2D eigenvalue weighted by Crippen LogP contribution is -2.48. The molecule has 2 unspecified atom stereocenters. The van der Waals surface area contributed by atoms with Crippen LogP contribution in [0.4, 0.5) is 5.69 Å². The van der Waals surface area contributed by atoms with Gasteiger partial charge < -0.3 is 10.6 Å². The summed E-state index contributed by atoms with van der Waals surface area (Å²) in [6.07, 6.45) is 1.38. The summed E-state index contributed by atoms with van der Waals surface area (Å²) in [7, 11) is 0. The van der Waals surface area contributed by atoms with Crippen LogP contribution in [0, 0.1) is 10.1 Å². The maximum Gasteiger partial charge on any atom is 0.271 e. The van der Waals surface area contributed by atoms with Crippen LogP contribution in [0.2, 0.25) is 10.0 Å². The molecule has 0 bridgehead atoms. The van der Waals surface area contributed by atoms with Crippen LogP contribution in [0.5, 0.6) is 0 Å². The van der Waals surface area contributed by atoms with Crippen molar-refractivity contribution in [1.82, 2.24) is 4.90 Å². The third-order valence-electron chi connectivity index (χ3n) is 3.63. The van der Waals surface area contributed by atoms with E-state index in [0.29, 0.717) is 19.4 Å². The number of carbonyl (C=O) groups excluding carboxylic acids is 1. The van der Waals surface area contributed by atoms with Crippen molar-refractivity contribution in [3.8, 4) is 0 Å². The molecule has 1 aromatic rings. The molecule has 0 aliphatic carbocycles. The Labute approximate surface area is 132 Å². The fourth-order valence-electron chi connectivity index (χ4n) is 2.50. The first kappa shape index (κ1) is 16.0. The van der Waals surface area contributed by atoms with E-state index in [0.717, 1.165) is 12.1 Å². The zero-order chi connectivity index (χ0) is 15.7. The Morgan fingerprint density at radius 3 is 2.71 bits per heavy atom. The maximum absolute atomic E-state index is 12.6. The lowest BCUT2D eigenvalue weighted by atomic mass is 9.98. The molecule has 0 aromatic heterocycles. The molecule has 1 heterocycles. The largest absolute Gasteiger partial charge is 0.336 e. The van der Waals surface area contributed by atoms with Gasteiger partial charge in [0.15, 0.2) is 0 Å². The lowest BCUT2D eigenvalue weighted by Gasteiger charge is -2.36. The number of hydrogen-bond donors (Lipinski definition) is 1. The molecule has 6 nitrogen and oxygen atoms in total. The summed E-state index contributed by atoms with van der Waals surface area (Å²) in [5, 5.41) is 10.9. The molecule has 1 aromatic carbocycles. The molecule has 0 spiro atoms. The standard InChI is InChI=1S/C13H15Cl2N3O3/c1-7-4-8(16)2-3-17(7)13(19)10-5-9(18(20)21)6-11(14)12(10)15/h5-8H,2-4,16H2,1H3. The van der Waals surface area contributed by atoms with Gasteiger partial charge in [-0.3, -0.25) is 14.9 Å². The first-order chi connectivity index (χ1) is 9.81. The van der Waals surface area contributed by atoms with Gasteiger partial charge in [-0.05, 0) is 19.8 Å². The molecule has 2 rings (SSSR count). The molecule has 1 aliphatic rings. The number of nitrogens with two attached hydrogens (primary N) is 1. The second kappa shape index (κ2) is 6.17. The van der Waals surface area contributed by atoms with Crippen molar-refractivity contribution in [2.75, 3.05) is 6.54 Å². The number of amides is 1. The van der Waals surface area contributed by atoms with Gasteiger partial charge in [-0.2, -0.15) is 0 Å². The number of nitrogens with zero attached hydrogens (tertiary/aromatic N) is 2. The zero-order valence-electron chi connectivity index (χ0n) is 11.4. The van der Waals surface area contributed by atoms with Crippen LogP contribution in [0.25, 0.3) is 0 Å². The topological polar surface area (TPSA) is 89.5 Å². The van der Waals surface area contributed by atoms with E-state index in [4.69, 9.17) is 28.9 Å². The minimum Gasteiger partial charge on any atom is -0.336 e. The summed E-state index contributed by atoms with van der Waals surface area (Å²) in [4.78, 5) is 24.5. The Kier molecular flexibility index (Phi) is 4.70. The van der Waals surface area contributed by atoms with E-state index in [1.807, 2.05) is 6.92 Å². The number of piperidine rings is 1. The molecule has 0 saturated carbocycles. The Morgan fingerprint density at radius 2 is 2.14 bits per heavy atom. The van der Waals surface area contributed by atoms with E-state index in [2.05, 4.69) is 0 Å². The fourth-order valence-corrected chi connectivity index (χ4v) is 2.90. The highest BCUT2D eigenvalue weighted by atomic mass is 35.5. The summed E-state index contributed by atoms with van der Waals surface area (Å²) >= 11 is 11.9. The van der Waals surface area contributed by atoms with E-state index in [-0.39, 0.29) is 39.3 Å². The van der Waals surface area contributed by atoms with Crippen LogP contribution >= 0.6 is 23.2 Å². The van der Waals surface area contributed by atoms with Gasteiger partial charge in [0.2, 0.25) is 0 Å². The van der Waals surface area contributed by atoms with E-state index in [9.17, 15) is 14.9 Å². The molecular formula is C13H15Cl2N3O3. The SMILES string of the molecule is CC1CC(N)CCN1C(=O)c1cc([N+](=O)[O-])cc(Cl)c1Cl. The van der Waals surface area contributed by atoms with E-state index in [1.54, 1.807) is 4.90 Å². The average molecular weight is 332 g/mol. The summed E-state index contributed by atoms with van der Waals surface area (Å²) in [5.74, 6) is -0.356. The normalized spacial score (nSPS) is 22.2. The quantitative estimate of drug-likeness (QED) is 0.666. The number of non-ortho nitro benzene ring substituents is 1. The van der Waals surface area contributed by atoms with Gasteiger partial charge in [0.25, 0.3) is 11.6 Å². The molecular weight excluding hydrogens is 317 g/mol. The van der Waals surface area contributed by atoms with Gasteiger partial charge in [-0.1, -0.05) is 23.2 Å². The van der Waals surface area contributed by atoms with Crippen molar-refractivity contribution in [1.29, 1.82) is 0 Å². The first-order valence-electron chi connectivity index (χ1n) is 6.51. The highest BCUT2D eigenvalue weighted by Crippen LogP contribution is 2.32. The second-order valence-corrected chi connectivity index (χ2v) is 5.96. The Bertz CT molecular complexity index is 594. The van der Waals surface area contributed by atoms with Crippen LogP contribution < -0.4 is 5.73 Å². The minimum atomic E-state index is -0.603. The number of benzene rings is 1. The van der Waals surface area contributed by atoms with Gasteiger partial charge in [-0.15, -0.1) is 0 Å². The fraction of sp³-hybridized carbons (Fsp3) is 0.462. The number of hydrogen-bond acceptors (Lipinski definition) is 4. The number of halogens is 2. The highest BCUT2D eigenvalue weighted by Gasteiger charge is 2.30. The van der Waals surface area contributed by atoms with Gasteiger partial charge in [0.1, 0.15) is 0 Å². The summed E-state index contributed by atoms with van der Waals surface area (Å²) in [5.41, 5.74) is 5.67. The number of nitro benzene ring substituents is 1. The lowest BCUT2D eigenvalue weighted by molar-refractivity contribution is -0.384. The Hall–Kier alpha value is -1.37. The molecule has 1 saturated heterocycles. The smallest absolute Gasteiger partial charge is 0.271 e. The highest BCUT2D eigenvalue weighted by molar-refractivity contribution is 6.44. The van der Waals surface area contributed by atoms with Gasteiger partial charge in [0.05, 0.1) is 20.5 Å². The number of carbonyl (C=O) groups is 1. The Morgan fingerprint density at radius 1 is 1.48 bits per heavy atom. The van der Waals surface area contributed by atoms with E-state index >= 15 is 0 Å². The molecule has 114 valence electrons. The summed E-state index contributed by atoms with van der Waals surface area (Å²) in [6.45, 7) is 2.39. The predicted molar refractivity (Wildman–Crippen MR) is 80.8 cm³/mol. The van der Waals surface area contributed by atoms with Crippen LogP contribution in [-0.2, 0) is 0 Å². The van der Waals surface area contributed by atoms with Gasteiger partial charge in [-0.25, -0.2) is 0 Å². The van der Waals surface area contributed by atoms with Crippen LogP contribution in [0.3, 0.4) is 0 Å². The van der Waals surface area contributed by atoms with Crippen molar-refractivity contribution >= 4 is 34.8 Å². The Balaban J connectivity index is 2.37. The second-order valence-electron chi connectivity index (χ2n) is 5.18.